The normalized spacial score (nSPS) is 13.1. The highest BCUT2D eigenvalue weighted by Gasteiger charge is 2.25. The second kappa shape index (κ2) is 25.6. The highest BCUT2D eigenvalue weighted by Crippen LogP contribution is 2.39. The summed E-state index contributed by atoms with van der Waals surface area (Å²) < 4.78 is 14.5. The van der Waals surface area contributed by atoms with Gasteiger partial charge in [0.2, 0.25) is 22.2 Å². The topological polar surface area (TPSA) is 287 Å². The lowest BCUT2D eigenvalue weighted by atomic mass is 10.1. The van der Waals surface area contributed by atoms with Crippen LogP contribution in [0, 0.1) is 20.8 Å². The van der Waals surface area contributed by atoms with E-state index >= 15 is 0 Å². The Hall–Kier alpha value is -8.76. The summed E-state index contributed by atoms with van der Waals surface area (Å²) in [7, 11) is 9.18. The Morgan fingerprint density at radius 3 is 2.05 bits per heavy atom. The second-order valence-electron chi connectivity index (χ2n) is 18.8. The van der Waals surface area contributed by atoms with E-state index in [2.05, 4.69) is 97.1 Å². The fourth-order valence-electron chi connectivity index (χ4n) is 8.06. The van der Waals surface area contributed by atoms with Gasteiger partial charge in [0.15, 0.2) is 40.4 Å². The number of aromatic nitrogens is 12. The molecule has 0 radical (unpaired) electrons. The number of carbonyl (C=O) groups is 2. The Morgan fingerprint density at radius 1 is 0.797 bits per heavy atom. The first-order valence-corrected chi connectivity index (χ1v) is 26.7. The Morgan fingerprint density at radius 2 is 1.44 bits per heavy atom. The SMILES string of the molecule is C=CC(=O)OCC(C)Nc1nc(Nc2c(C)cc(C)cc2C)nc(N(C)C)c1N=Nc1ncn(-c2nccs2)n1.COCC(C)Nc1nc(N(C)C)nc(N2CCCC2)c1N=Nc1ncn(-c2nc3ccc(C(C)=O)cc3s2)n1. The van der Waals surface area contributed by atoms with Crippen LogP contribution in [-0.2, 0) is 14.3 Å². The van der Waals surface area contributed by atoms with E-state index in [0.29, 0.717) is 69.0 Å². The summed E-state index contributed by atoms with van der Waals surface area (Å²) >= 11 is 2.84. The lowest BCUT2D eigenvalue weighted by molar-refractivity contribution is -0.137. The van der Waals surface area contributed by atoms with Crippen LogP contribution in [0.2, 0.25) is 0 Å². The first kappa shape index (κ1) is 56.4. The number of hydrogen-bond donors (Lipinski definition) is 3. The molecule has 6 aromatic heterocycles. The van der Waals surface area contributed by atoms with Crippen LogP contribution >= 0.6 is 22.7 Å². The third kappa shape index (κ3) is 14.2. The van der Waals surface area contributed by atoms with Gasteiger partial charge in [-0.1, -0.05) is 35.6 Å². The van der Waals surface area contributed by atoms with E-state index in [1.165, 1.54) is 39.2 Å². The van der Waals surface area contributed by atoms with Gasteiger partial charge in [-0.15, -0.1) is 42.0 Å². The van der Waals surface area contributed by atoms with Crippen LogP contribution in [0.4, 0.5) is 64.1 Å². The molecule has 7 heterocycles. The zero-order valence-electron chi connectivity index (χ0n) is 45.8. The van der Waals surface area contributed by atoms with Crippen LogP contribution in [0.15, 0.2) is 87.7 Å². The Labute approximate surface area is 464 Å². The number of carbonyl (C=O) groups excluding carboxylic acids is 2. The molecule has 0 spiro atoms. The Kier molecular flexibility index (Phi) is 18.3. The number of ketones is 1. The van der Waals surface area contributed by atoms with E-state index in [4.69, 9.17) is 29.4 Å². The smallest absolute Gasteiger partial charge is 0.330 e. The van der Waals surface area contributed by atoms with Gasteiger partial charge >= 0.3 is 5.97 Å². The maximum Gasteiger partial charge on any atom is 0.330 e. The molecule has 79 heavy (non-hydrogen) atoms. The van der Waals surface area contributed by atoms with Gasteiger partial charge in [-0.25, -0.2) is 14.8 Å². The Bertz CT molecular complexity index is 3470. The van der Waals surface area contributed by atoms with Crippen molar-refractivity contribution >= 4 is 109 Å². The van der Waals surface area contributed by atoms with Crippen molar-refractivity contribution in [3.63, 3.8) is 0 Å². The first-order valence-electron chi connectivity index (χ1n) is 25.0. The number of esters is 1. The van der Waals surface area contributed by atoms with Crippen LogP contribution in [-0.4, -0.2) is 145 Å². The largest absolute Gasteiger partial charge is 0.460 e. The minimum atomic E-state index is -0.514. The molecule has 412 valence electrons. The van der Waals surface area contributed by atoms with Gasteiger partial charge in [0, 0.05) is 83.3 Å². The van der Waals surface area contributed by atoms with Gasteiger partial charge in [-0.2, -0.15) is 39.3 Å². The molecule has 0 amide bonds. The minimum absolute atomic E-state index is 0.0108. The molecular formula is C51H62N22O4S2. The van der Waals surface area contributed by atoms with Gasteiger partial charge in [0.25, 0.3) is 11.9 Å². The van der Waals surface area contributed by atoms with Gasteiger partial charge in [0.1, 0.15) is 19.3 Å². The number of nitrogens with one attached hydrogen (secondary N) is 3. The fraction of sp³-hybridized carbons (Fsp3) is 0.373. The van der Waals surface area contributed by atoms with Crippen molar-refractivity contribution in [3.8, 4) is 10.3 Å². The van der Waals surface area contributed by atoms with E-state index in [1.807, 2.05) is 83.2 Å². The molecule has 0 saturated carbocycles. The van der Waals surface area contributed by atoms with Crippen LogP contribution in [0.3, 0.4) is 0 Å². The number of rotatable bonds is 21. The molecule has 2 unspecified atom stereocenters. The van der Waals surface area contributed by atoms with E-state index in [1.54, 1.807) is 37.3 Å². The molecule has 8 aromatic rings. The molecule has 0 bridgehead atoms. The van der Waals surface area contributed by atoms with Gasteiger partial charge in [-0.3, -0.25) is 4.79 Å². The molecular weight excluding hydrogens is 1050 g/mol. The molecule has 1 aliphatic rings. The number of hydrogen-bond acceptors (Lipinski definition) is 26. The predicted molar refractivity (Wildman–Crippen MR) is 307 cm³/mol. The molecule has 1 saturated heterocycles. The molecule has 9 rings (SSSR count). The number of thiazole rings is 2. The molecule has 1 fully saturated rings. The standard InChI is InChI=1S/C26H31N11O2S.C25H31N11O2S/c1-8-19(38)39-13-18(5)29-22-21(33-34-24-28-14-37(35-24)26-27-9-10-40-26)23(36(6)7)32-25(31-22)30-20-16(3)11-15(2)12-17(20)4;1-15(13-38-5)27-21-20(22(35-10-6-7-11-35)30-24(29-21)34(3)4)31-32-23-26-14-36(33-23)25-28-18-9-8-17(16(2)37)12-19(18)39-25/h8-12,14,18H,1,13H2,2-7H3,(H2,29,30,31,32);8-9,12,14-15H,6-7,10-11,13H2,1-5H3,(H,27,29,30). The number of ether oxygens (including phenoxy) is 2. The number of nitrogens with zero attached hydrogens (tertiary/aromatic N) is 19. The van der Waals surface area contributed by atoms with Gasteiger partial charge in [-0.05, 0) is 83.7 Å². The molecule has 28 heteroatoms. The molecule has 2 aromatic carbocycles. The monoisotopic (exact) mass is 1110 g/mol. The number of benzene rings is 2. The fourth-order valence-corrected chi connectivity index (χ4v) is 9.55. The highest BCUT2D eigenvalue weighted by molar-refractivity contribution is 7.20. The van der Waals surface area contributed by atoms with E-state index < -0.39 is 5.97 Å². The van der Waals surface area contributed by atoms with E-state index in [9.17, 15) is 9.59 Å². The Balaban J connectivity index is 0.000000208. The van der Waals surface area contributed by atoms with Crippen molar-refractivity contribution in [1.29, 1.82) is 0 Å². The van der Waals surface area contributed by atoms with Crippen LogP contribution in [0.25, 0.3) is 20.5 Å². The first-order chi connectivity index (χ1) is 38.0. The highest BCUT2D eigenvalue weighted by atomic mass is 32.1. The predicted octanol–water partition coefficient (Wildman–Crippen LogP) is 9.59. The van der Waals surface area contributed by atoms with Crippen LogP contribution in [0.5, 0.6) is 0 Å². The summed E-state index contributed by atoms with van der Waals surface area (Å²) in [6, 6.07) is 9.30. The number of fused-ring (bicyclic) bond motifs is 1. The summed E-state index contributed by atoms with van der Waals surface area (Å²) in [4.78, 5) is 65.6. The van der Waals surface area contributed by atoms with Crippen molar-refractivity contribution in [1.82, 2.24) is 59.4 Å². The maximum atomic E-state index is 11.7. The molecule has 26 nitrogen and oxygen atoms in total. The summed E-state index contributed by atoms with van der Waals surface area (Å²) in [5, 5.41) is 39.6. The summed E-state index contributed by atoms with van der Waals surface area (Å²) in [6.45, 7) is 17.3. The van der Waals surface area contributed by atoms with Gasteiger partial charge in [0.05, 0.1) is 22.9 Å². The van der Waals surface area contributed by atoms with E-state index in [0.717, 1.165) is 59.0 Å². The van der Waals surface area contributed by atoms with Crippen molar-refractivity contribution < 1.29 is 19.1 Å². The lowest BCUT2D eigenvalue weighted by Crippen LogP contribution is -2.25. The van der Waals surface area contributed by atoms with E-state index in [-0.39, 0.29) is 36.4 Å². The molecule has 1 aliphatic heterocycles. The van der Waals surface area contributed by atoms with Crippen molar-refractivity contribution in [2.45, 2.75) is 66.5 Å². The number of Topliss-reactive ketones (excluding diaryl/α,β-unsaturated/α-hetero) is 1. The maximum absolute atomic E-state index is 11.7. The van der Waals surface area contributed by atoms with Crippen molar-refractivity contribution in [2.75, 3.05) is 92.3 Å². The summed E-state index contributed by atoms with van der Waals surface area (Å²) in [5.41, 5.74) is 6.54. The average Bonchev–Trinajstić information content (AvgIpc) is 4.38. The third-order valence-corrected chi connectivity index (χ3v) is 13.5. The quantitative estimate of drug-likeness (QED) is 0.0261. The second-order valence-corrected chi connectivity index (χ2v) is 20.7. The number of azo groups is 2. The van der Waals surface area contributed by atoms with Crippen molar-refractivity contribution in [2.24, 2.45) is 20.5 Å². The van der Waals surface area contributed by atoms with Crippen molar-refractivity contribution in [3.05, 3.63) is 89.5 Å². The lowest BCUT2D eigenvalue weighted by Gasteiger charge is -2.23. The molecule has 3 N–H and O–H groups in total. The number of anilines is 7. The average molecular weight is 1110 g/mol. The minimum Gasteiger partial charge on any atom is -0.460 e. The zero-order valence-corrected chi connectivity index (χ0v) is 47.5. The summed E-state index contributed by atoms with van der Waals surface area (Å²) in [5.74, 6) is 2.93. The van der Waals surface area contributed by atoms with Crippen LogP contribution in [0.1, 0.15) is 60.7 Å². The zero-order chi connectivity index (χ0) is 56.3. The molecule has 0 aliphatic carbocycles. The molecule has 2 atom stereocenters. The number of methoxy groups -OCH3 is 1. The van der Waals surface area contributed by atoms with Gasteiger partial charge < -0.3 is 40.1 Å². The number of aryl methyl sites for hydroxylation is 3. The third-order valence-electron chi connectivity index (χ3n) is 11.7. The summed E-state index contributed by atoms with van der Waals surface area (Å²) in [6.07, 6.45) is 8.04. The van der Waals surface area contributed by atoms with Crippen LogP contribution < -0.4 is 30.7 Å².